The molecule has 6 heteroatoms. The van der Waals surface area contributed by atoms with E-state index in [1.54, 1.807) is 0 Å². The van der Waals surface area contributed by atoms with Crippen molar-refractivity contribution in [3.05, 3.63) is 64.6 Å². The number of pyridine rings is 1. The number of hydrogen-bond acceptors (Lipinski definition) is 3. The average molecular weight is 306 g/mol. The van der Waals surface area contributed by atoms with Crippen molar-refractivity contribution in [1.82, 2.24) is 9.71 Å². The van der Waals surface area contributed by atoms with Crippen molar-refractivity contribution in [2.24, 2.45) is 5.92 Å². The molecule has 1 unspecified atom stereocenters. The molecule has 0 bridgehead atoms. The van der Waals surface area contributed by atoms with E-state index in [1.165, 1.54) is 18.5 Å². The highest BCUT2D eigenvalue weighted by Gasteiger charge is 2.25. The van der Waals surface area contributed by atoms with Gasteiger partial charge >= 0.3 is 0 Å². The molecular weight excluding hydrogens is 288 g/mol. The van der Waals surface area contributed by atoms with Gasteiger partial charge in [-0.25, -0.2) is 13.1 Å². The Kier molecular flexibility index (Phi) is 4.59. The normalized spacial score (nSPS) is 13.3. The second kappa shape index (κ2) is 6.24. The Bertz CT molecular complexity index is 752. The first-order chi connectivity index (χ1) is 9.92. The molecule has 0 fully saturated rings. The Morgan fingerprint density at radius 3 is 2.33 bits per heavy atom. The number of hydrogen-bond donors (Lipinski definition) is 2. The lowest BCUT2D eigenvalue weighted by Gasteiger charge is -2.22. The highest BCUT2D eigenvalue weighted by molar-refractivity contribution is 7.89. The van der Waals surface area contributed by atoms with Crippen LogP contribution >= 0.6 is 0 Å². The fourth-order valence-electron chi connectivity index (χ4n) is 2.09. The molecule has 1 atom stereocenters. The molecule has 0 saturated heterocycles. The van der Waals surface area contributed by atoms with Gasteiger partial charge in [0.25, 0.3) is 0 Å². The van der Waals surface area contributed by atoms with Crippen LogP contribution in [0.2, 0.25) is 0 Å². The van der Waals surface area contributed by atoms with E-state index in [-0.39, 0.29) is 10.8 Å². The summed E-state index contributed by atoms with van der Waals surface area (Å²) in [5, 5.41) is 0. The summed E-state index contributed by atoms with van der Waals surface area (Å²) >= 11 is 0. The van der Waals surface area contributed by atoms with Crippen molar-refractivity contribution in [2.45, 2.75) is 24.8 Å². The van der Waals surface area contributed by atoms with Crippen molar-refractivity contribution in [1.29, 1.82) is 0 Å². The van der Waals surface area contributed by atoms with E-state index in [1.807, 2.05) is 44.2 Å². The molecule has 0 aliphatic carbocycles. The van der Waals surface area contributed by atoms with E-state index in [0.717, 1.165) is 5.56 Å². The van der Waals surface area contributed by atoms with Gasteiger partial charge in [0, 0.05) is 24.5 Å². The van der Waals surface area contributed by atoms with Crippen LogP contribution in [0.25, 0.3) is 0 Å². The lowest BCUT2D eigenvalue weighted by Crippen LogP contribution is -2.34. The molecule has 0 spiro atoms. The summed E-state index contributed by atoms with van der Waals surface area (Å²) < 4.78 is 27.4. The van der Waals surface area contributed by atoms with Crippen molar-refractivity contribution in [3.8, 4) is 0 Å². The summed E-state index contributed by atoms with van der Waals surface area (Å²) in [6, 6.07) is 10.1. The van der Waals surface area contributed by atoms with Gasteiger partial charge < -0.3 is 4.98 Å². The van der Waals surface area contributed by atoms with Crippen LogP contribution in [0.5, 0.6) is 0 Å². The third kappa shape index (κ3) is 3.59. The number of H-pyrrole nitrogens is 1. The summed E-state index contributed by atoms with van der Waals surface area (Å²) in [7, 11) is -3.88. The smallest absolute Gasteiger partial charge is 0.246 e. The second-order valence-corrected chi connectivity index (χ2v) is 6.81. The van der Waals surface area contributed by atoms with Gasteiger partial charge in [0.15, 0.2) is 0 Å². The highest BCUT2D eigenvalue weighted by Crippen LogP contribution is 2.23. The van der Waals surface area contributed by atoms with E-state index in [9.17, 15) is 13.2 Å². The summed E-state index contributed by atoms with van der Waals surface area (Å²) in [6.07, 6.45) is 2.60. The third-order valence-corrected chi connectivity index (χ3v) is 4.65. The van der Waals surface area contributed by atoms with Crippen molar-refractivity contribution < 1.29 is 8.42 Å². The van der Waals surface area contributed by atoms with Crippen LogP contribution in [-0.2, 0) is 10.0 Å². The monoisotopic (exact) mass is 306 g/mol. The zero-order valence-corrected chi connectivity index (χ0v) is 12.7. The van der Waals surface area contributed by atoms with E-state index < -0.39 is 21.5 Å². The maximum Gasteiger partial charge on any atom is 0.246 e. The van der Waals surface area contributed by atoms with Crippen LogP contribution in [0.15, 0.2) is 58.5 Å². The number of aromatic nitrogens is 1. The van der Waals surface area contributed by atoms with Crippen molar-refractivity contribution in [2.75, 3.05) is 0 Å². The second-order valence-electron chi connectivity index (χ2n) is 5.13. The standard InChI is InChI=1S/C15H18N2O3S/c1-11(2)15(12-6-4-3-5-7-12)17-21(19,20)14-10-16-9-8-13(14)18/h3-11,15,17H,1-2H3,(H,16,18). The SMILES string of the molecule is CC(C)C(NS(=O)(=O)c1c[nH]ccc1=O)c1ccccc1. The molecule has 2 aromatic rings. The summed E-state index contributed by atoms with van der Waals surface area (Å²) in [5.74, 6) is 0.0463. The maximum atomic E-state index is 12.4. The molecule has 0 aliphatic rings. The number of nitrogens with one attached hydrogen (secondary N) is 2. The Balaban J connectivity index is 2.38. The van der Waals surface area contributed by atoms with Crippen molar-refractivity contribution in [3.63, 3.8) is 0 Å². The fraction of sp³-hybridized carbons (Fsp3) is 0.267. The molecule has 0 amide bonds. The van der Waals surface area contributed by atoms with E-state index in [0.29, 0.717) is 0 Å². The first-order valence-corrected chi connectivity index (χ1v) is 8.14. The Labute approximate surface area is 124 Å². The summed E-state index contributed by atoms with van der Waals surface area (Å²) in [6.45, 7) is 3.85. The molecule has 2 rings (SSSR count). The average Bonchev–Trinajstić information content (AvgIpc) is 2.46. The van der Waals surface area contributed by atoms with Crippen LogP contribution in [0, 0.1) is 5.92 Å². The Hall–Kier alpha value is -1.92. The number of benzene rings is 1. The van der Waals surface area contributed by atoms with Gasteiger partial charge in [-0.3, -0.25) is 4.79 Å². The Morgan fingerprint density at radius 2 is 1.76 bits per heavy atom. The predicted octanol–water partition coefficient (Wildman–Crippen LogP) is 2.05. The first-order valence-electron chi connectivity index (χ1n) is 6.66. The first kappa shape index (κ1) is 15.5. The minimum atomic E-state index is -3.88. The van der Waals surface area contributed by atoms with Gasteiger partial charge in [0.05, 0.1) is 0 Å². The van der Waals surface area contributed by atoms with Gasteiger partial charge in [-0.05, 0) is 11.5 Å². The van der Waals surface area contributed by atoms with E-state index in [2.05, 4.69) is 9.71 Å². The van der Waals surface area contributed by atoms with Crippen molar-refractivity contribution >= 4 is 10.0 Å². The number of rotatable bonds is 5. The lowest BCUT2D eigenvalue weighted by molar-refractivity contribution is 0.462. The molecule has 1 aromatic carbocycles. The molecule has 1 aromatic heterocycles. The van der Waals surface area contributed by atoms with E-state index >= 15 is 0 Å². The zero-order chi connectivity index (χ0) is 15.5. The molecule has 2 N–H and O–H groups in total. The highest BCUT2D eigenvalue weighted by atomic mass is 32.2. The van der Waals surface area contributed by atoms with Crippen LogP contribution in [-0.4, -0.2) is 13.4 Å². The van der Waals surface area contributed by atoms with E-state index in [4.69, 9.17) is 0 Å². The molecule has 0 saturated carbocycles. The molecular formula is C15H18N2O3S. The molecule has 21 heavy (non-hydrogen) atoms. The van der Waals surface area contributed by atoms with Gasteiger partial charge in [0.1, 0.15) is 4.90 Å². The molecule has 0 aliphatic heterocycles. The van der Waals surface area contributed by atoms with Gasteiger partial charge in [-0.15, -0.1) is 0 Å². The van der Waals surface area contributed by atoms with Gasteiger partial charge in [-0.1, -0.05) is 44.2 Å². The largest absolute Gasteiger partial charge is 0.366 e. The maximum absolute atomic E-state index is 12.4. The number of aromatic amines is 1. The minimum absolute atomic E-state index is 0.0463. The molecule has 112 valence electrons. The van der Waals surface area contributed by atoms with Gasteiger partial charge in [-0.2, -0.15) is 0 Å². The van der Waals surface area contributed by atoms with Gasteiger partial charge in [0.2, 0.25) is 15.5 Å². The topological polar surface area (TPSA) is 79.0 Å². The fourth-order valence-corrected chi connectivity index (χ4v) is 3.52. The van der Waals surface area contributed by atoms with Crippen LogP contribution in [0.4, 0.5) is 0 Å². The van der Waals surface area contributed by atoms with Crippen LogP contribution < -0.4 is 10.2 Å². The molecule has 5 nitrogen and oxygen atoms in total. The molecule has 0 radical (unpaired) electrons. The van der Waals surface area contributed by atoms with Crippen LogP contribution in [0.1, 0.15) is 25.5 Å². The summed E-state index contributed by atoms with van der Waals surface area (Å²) in [5.41, 5.74) is 0.334. The van der Waals surface area contributed by atoms with Crippen LogP contribution in [0.3, 0.4) is 0 Å². The third-order valence-electron chi connectivity index (χ3n) is 3.19. The lowest BCUT2D eigenvalue weighted by atomic mass is 9.97. The number of sulfonamides is 1. The molecule has 1 heterocycles. The predicted molar refractivity (Wildman–Crippen MR) is 81.4 cm³/mol. The zero-order valence-electron chi connectivity index (χ0n) is 11.9. The quantitative estimate of drug-likeness (QED) is 0.887. The Morgan fingerprint density at radius 1 is 1.10 bits per heavy atom. The minimum Gasteiger partial charge on any atom is -0.366 e. The summed E-state index contributed by atoms with van der Waals surface area (Å²) in [4.78, 5) is 14.1.